The summed E-state index contributed by atoms with van der Waals surface area (Å²) in [6.45, 7) is 4.89. The third-order valence-electron chi connectivity index (χ3n) is 2.86. The van der Waals surface area contributed by atoms with E-state index in [9.17, 15) is 14.4 Å². The van der Waals surface area contributed by atoms with Gasteiger partial charge in [-0.25, -0.2) is 9.59 Å². The molecule has 0 radical (unpaired) electrons. The highest BCUT2D eigenvalue weighted by atomic mass is 79.9. The first-order valence-corrected chi connectivity index (χ1v) is 8.41. The Morgan fingerprint density at radius 3 is 2.20 bits per heavy atom. The van der Waals surface area contributed by atoms with Crippen molar-refractivity contribution >= 4 is 39.5 Å². The van der Waals surface area contributed by atoms with Crippen LogP contribution < -0.4 is 5.32 Å². The lowest BCUT2D eigenvalue weighted by Gasteiger charge is -2.12. The summed E-state index contributed by atoms with van der Waals surface area (Å²) in [6.07, 6.45) is 1.22. The molecule has 0 saturated carbocycles. The molecule has 0 aliphatic heterocycles. The van der Waals surface area contributed by atoms with E-state index in [4.69, 9.17) is 14.2 Å². The molecular weight excluding hydrogens is 394 g/mol. The van der Waals surface area contributed by atoms with Crippen molar-refractivity contribution in [2.24, 2.45) is 0 Å². The second kappa shape index (κ2) is 10.5. The van der Waals surface area contributed by atoms with E-state index in [-0.39, 0.29) is 25.4 Å². The molecule has 0 fully saturated rings. The third kappa shape index (κ3) is 6.96. The molecule has 0 amide bonds. The van der Waals surface area contributed by atoms with Gasteiger partial charge in [-0.15, -0.1) is 0 Å². The van der Waals surface area contributed by atoms with Crippen molar-refractivity contribution in [2.45, 2.75) is 27.4 Å². The number of nitrogens with one attached hydrogen (secondary N) is 1. The van der Waals surface area contributed by atoms with Gasteiger partial charge in [-0.3, -0.25) is 4.79 Å². The maximum absolute atomic E-state index is 11.9. The van der Waals surface area contributed by atoms with Crippen LogP contribution >= 0.6 is 15.9 Å². The minimum absolute atomic E-state index is 0.0408. The highest BCUT2D eigenvalue weighted by Gasteiger charge is 2.21. The van der Waals surface area contributed by atoms with Gasteiger partial charge in [-0.05, 0) is 32.0 Å². The average molecular weight is 414 g/mol. The van der Waals surface area contributed by atoms with Crippen LogP contribution in [0.15, 0.2) is 34.4 Å². The number of hydrogen-bond donors (Lipinski definition) is 1. The maximum atomic E-state index is 11.9. The van der Waals surface area contributed by atoms with Gasteiger partial charge in [0, 0.05) is 28.8 Å². The van der Waals surface area contributed by atoms with Crippen LogP contribution in [0, 0.1) is 0 Å². The highest BCUT2D eigenvalue weighted by molar-refractivity contribution is 9.10. The van der Waals surface area contributed by atoms with Crippen LogP contribution in [0.2, 0.25) is 0 Å². The molecule has 0 aliphatic rings. The lowest BCUT2D eigenvalue weighted by molar-refractivity contribution is -0.146. The van der Waals surface area contributed by atoms with Gasteiger partial charge in [0.05, 0.1) is 13.2 Å². The summed E-state index contributed by atoms with van der Waals surface area (Å²) >= 11 is 3.34. The Hall–Kier alpha value is -2.35. The van der Waals surface area contributed by atoms with Gasteiger partial charge in [0.1, 0.15) is 6.61 Å². The van der Waals surface area contributed by atoms with Crippen LogP contribution in [0.4, 0.5) is 5.69 Å². The Morgan fingerprint density at radius 1 is 1.08 bits per heavy atom. The first-order valence-electron chi connectivity index (χ1n) is 7.61. The van der Waals surface area contributed by atoms with E-state index in [1.807, 2.05) is 0 Å². The molecule has 1 N–H and O–H groups in total. The molecule has 0 atom stereocenters. The standard InChI is InChI=1S/C17H20BrNO6/c1-4-23-16(21)14(17(22)24-5-2)9-19-15-7-6-13(18)8-12(15)10-25-11(3)20/h6-9,19H,4-5,10H2,1-3H3. The van der Waals surface area contributed by atoms with Crippen LogP contribution in [-0.4, -0.2) is 31.1 Å². The molecular formula is C17H20BrNO6. The molecule has 1 rings (SSSR count). The van der Waals surface area contributed by atoms with E-state index in [0.29, 0.717) is 11.3 Å². The van der Waals surface area contributed by atoms with Gasteiger partial charge in [0.2, 0.25) is 0 Å². The number of rotatable bonds is 8. The molecule has 0 saturated heterocycles. The number of anilines is 1. The molecule has 0 aliphatic carbocycles. The van der Waals surface area contributed by atoms with E-state index >= 15 is 0 Å². The van der Waals surface area contributed by atoms with E-state index in [0.717, 1.165) is 4.47 Å². The maximum Gasteiger partial charge on any atom is 0.347 e. The Kier molecular flexibility index (Phi) is 8.69. The Morgan fingerprint density at radius 2 is 1.68 bits per heavy atom. The first kappa shape index (κ1) is 20.7. The normalized spacial score (nSPS) is 9.76. The van der Waals surface area contributed by atoms with Gasteiger partial charge in [0.25, 0.3) is 0 Å². The van der Waals surface area contributed by atoms with Crippen LogP contribution in [0.1, 0.15) is 26.3 Å². The number of hydrogen-bond acceptors (Lipinski definition) is 7. The molecule has 8 heteroatoms. The van der Waals surface area contributed by atoms with Gasteiger partial charge in [-0.2, -0.15) is 0 Å². The van der Waals surface area contributed by atoms with E-state index in [1.54, 1.807) is 32.0 Å². The SMILES string of the molecule is CCOC(=O)C(=CNc1ccc(Br)cc1COC(C)=O)C(=O)OCC. The van der Waals surface area contributed by atoms with Gasteiger partial charge >= 0.3 is 17.9 Å². The number of benzene rings is 1. The Bertz CT molecular complexity index is 651. The van der Waals surface area contributed by atoms with E-state index in [1.165, 1.54) is 13.1 Å². The van der Waals surface area contributed by atoms with Crippen molar-refractivity contribution in [1.82, 2.24) is 0 Å². The number of ether oxygens (including phenoxy) is 3. The molecule has 0 heterocycles. The molecule has 25 heavy (non-hydrogen) atoms. The highest BCUT2D eigenvalue weighted by Crippen LogP contribution is 2.22. The van der Waals surface area contributed by atoms with Crippen molar-refractivity contribution in [3.05, 3.63) is 40.0 Å². The Balaban J connectivity index is 3.06. The molecule has 1 aromatic carbocycles. The van der Waals surface area contributed by atoms with Gasteiger partial charge in [-0.1, -0.05) is 15.9 Å². The fourth-order valence-corrected chi connectivity index (χ4v) is 2.18. The lowest BCUT2D eigenvalue weighted by atomic mass is 10.2. The van der Waals surface area contributed by atoms with Crippen molar-refractivity contribution in [2.75, 3.05) is 18.5 Å². The average Bonchev–Trinajstić information content (AvgIpc) is 2.55. The minimum Gasteiger partial charge on any atom is -0.462 e. The van der Waals surface area contributed by atoms with E-state index < -0.39 is 17.9 Å². The van der Waals surface area contributed by atoms with Crippen LogP contribution in [0.5, 0.6) is 0 Å². The molecule has 0 aromatic heterocycles. The molecule has 0 bridgehead atoms. The minimum atomic E-state index is -0.785. The van der Waals surface area contributed by atoms with Crippen LogP contribution in [-0.2, 0) is 35.2 Å². The largest absolute Gasteiger partial charge is 0.462 e. The zero-order chi connectivity index (χ0) is 18.8. The number of carbonyl (C=O) groups is 3. The molecule has 136 valence electrons. The summed E-state index contributed by atoms with van der Waals surface area (Å²) in [4.78, 5) is 34.9. The fraction of sp³-hybridized carbons (Fsp3) is 0.353. The smallest absolute Gasteiger partial charge is 0.347 e. The summed E-state index contributed by atoms with van der Waals surface area (Å²) in [7, 11) is 0. The zero-order valence-corrected chi connectivity index (χ0v) is 15.8. The van der Waals surface area contributed by atoms with Gasteiger partial charge < -0.3 is 19.5 Å². The quantitative estimate of drug-likeness (QED) is 0.230. The number of halogens is 1. The van der Waals surface area contributed by atoms with Crippen molar-refractivity contribution < 1.29 is 28.6 Å². The summed E-state index contributed by atoms with van der Waals surface area (Å²) < 4.78 is 15.5. The topological polar surface area (TPSA) is 90.9 Å². The zero-order valence-electron chi connectivity index (χ0n) is 14.3. The Labute approximate surface area is 154 Å². The lowest BCUT2D eigenvalue weighted by Crippen LogP contribution is -2.19. The molecule has 0 spiro atoms. The monoisotopic (exact) mass is 413 g/mol. The first-order chi connectivity index (χ1) is 11.9. The van der Waals surface area contributed by atoms with Crippen LogP contribution in [0.25, 0.3) is 0 Å². The van der Waals surface area contributed by atoms with Crippen molar-refractivity contribution in [1.29, 1.82) is 0 Å². The van der Waals surface area contributed by atoms with Crippen LogP contribution in [0.3, 0.4) is 0 Å². The number of esters is 3. The predicted octanol–water partition coefficient (Wildman–Crippen LogP) is 2.93. The summed E-state index contributed by atoms with van der Waals surface area (Å²) in [5.41, 5.74) is 0.966. The summed E-state index contributed by atoms with van der Waals surface area (Å²) in [5.74, 6) is -1.99. The number of carbonyl (C=O) groups excluding carboxylic acids is 3. The van der Waals surface area contributed by atoms with Gasteiger partial charge in [0.15, 0.2) is 5.57 Å². The summed E-state index contributed by atoms with van der Waals surface area (Å²) in [5, 5.41) is 2.87. The second-order valence-electron chi connectivity index (χ2n) is 4.73. The van der Waals surface area contributed by atoms with E-state index in [2.05, 4.69) is 21.2 Å². The fourth-order valence-electron chi connectivity index (χ4n) is 1.77. The molecule has 7 nitrogen and oxygen atoms in total. The van der Waals surface area contributed by atoms with Crippen molar-refractivity contribution in [3.8, 4) is 0 Å². The third-order valence-corrected chi connectivity index (χ3v) is 3.35. The predicted molar refractivity (Wildman–Crippen MR) is 94.6 cm³/mol. The van der Waals surface area contributed by atoms with Crippen molar-refractivity contribution in [3.63, 3.8) is 0 Å². The molecule has 1 aromatic rings. The molecule has 0 unspecified atom stereocenters. The second-order valence-corrected chi connectivity index (χ2v) is 5.64. The summed E-state index contributed by atoms with van der Waals surface area (Å²) in [6, 6.07) is 5.24.